The summed E-state index contributed by atoms with van der Waals surface area (Å²) in [5.74, 6) is -0.266. The van der Waals surface area contributed by atoms with E-state index in [1.165, 1.54) is 23.3 Å². The predicted molar refractivity (Wildman–Crippen MR) is 61.7 cm³/mol. The number of nitrogens with zero attached hydrogens (tertiary/aromatic N) is 1. The smallest absolute Gasteiger partial charge is 0.348 e. The summed E-state index contributed by atoms with van der Waals surface area (Å²) >= 11 is 1.48. The monoisotopic (exact) mass is 236 g/mol. The number of aromatic amines is 1. The second-order valence-corrected chi connectivity index (χ2v) is 4.51. The molecule has 2 rings (SSSR count). The molecule has 4 nitrogen and oxygen atoms in total. The molecule has 1 N–H and O–H groups in total. The van der Waals surface area contributed by atoms with Gasteiger partial charge in [-0.05, 0) is 31.0 Å². The van der Waals surface area contributed by atoms with Gasteiger partial charge < -0.3 is 4.74 Å². The lowest BCUT2D eigenvalue weighted by Gasteiger charge is -1.95. The highest BCUT2D eigenvalue weighted by molar-refractivity contribution is 7.13. The summed E-state index contributed by atoms with van der Waals surface area (Å²) < 4.78 is 4.66. The second kappa shape index (κ2) is 4.94. The van der Waals surface area contributed by atoms with E-state index in [9.17, 15) is 4.79 Å². The fraction of sp³-hybridized carbons (Fsp3) is 0.273. The Labute approximate surface area is 97.3 Å². The molecule has 0 atom stereocenters. The van der Waals surface area contributed by atoms with E-state index < -0.39 is 0 Å². The first-order valence-electron chi connectivity index (χ1n) is 4.95. The first-order chi connectivity index (χ1) is 7.79. The van der Waals surface area contributed by atoms with Crippen LogP contribution in [0.5, 0.6) is 0 Å². The number of aryl methyl sites for hydroxylation is 2. The standard InChI is InChI=1S/C11H12N2O2S/c1-15-11(14)10-5-4-9(16-10)3-2-8-6-7-12-13-8/h4-7H,2-3H2,1H3,(H,12,13). The first-order valence-corrected chi connectivity index (χ1v) is 5.76. The van der Waals surface area contributed by atoms with E-state index in [2.05, 4.69) is 14.9 Å². The van der Waals surface area contributed by atoms with Crippen LogP contribution >= 0.6 is 11.3 Å². The van der Waals surface area contributed by atoms with Crippen molar-refractivity contribution < 1.29 is 9.53 Å². The third kappa shape index (κ3) is 2.49. The SMILES string of the molecule is COC(=O)c1ccc(CCc2ccn[nH]2)s1. The summed E-state index contributed by atoms with van der Waals surface area (Å²) in [6, 6.07) is 5.72. The Hall–Kier alpha value is -1.62. The Kier molecular flexibility index (Phi) is 3.36. The predicted octanol–water partition coefficient (Wildman–Crippen LogP) is 2.04. The molecule has 0 aliphatic rings. The number of esters is 1. The molecule has 0 bridgehead atoms. The van der Waals surface area contributed by atoms with Crippen LogP contribution in [0.15, 0.2) is 24.4 Å². The average Bonchev–Trinajstić information content (AvgIpc) is 2.96. The van der Waals surface area contributed by atoms with E-state index in [1.807, 2.05) is 12.1 Å². The van der Waals surface area contributed by atoms with Crippen LogP contribution in [0.3, 0.4) is 0 Å². The molecule has 0 aliphatic heterocycles. The lowest BCUT2D eigenvalue weighted by molar-refractivity contribution is 0.0606. The van der Waals surface area contributed by atoms with E-state index in [4.69, 9.17) is 0 Å². The zero-order valence-corrected chi connectivity index (χ0v) is 9.71. The lowest BCUT2D eigenvalue weighted by atomic mass is 10.2. The lowest BCUT2D eigenvalue weighted by Crippen LogP contribution is -1.96. The van der Waals surface area contributed by atoms with Gasteiger partial charge in [-0.2, -0.15) is 5.10 Å². The van der Waals surface area contributed by atoms with E-state index in [0.29, 0.717) is 4.88 Å². The Balaban J connectivity index is 1.95. The number of H-pyrrole nitrogens is 1. The molecule has 0 unspecified atom stereocenters. The molecule has 0 saturated carbocycles. The van der Waals surface area contributed by atoms with Crippen LogP contribution in [0, 0.1) is 0 Å². The molecular formula is C11H12N2O2S. The highest BCUT2D eigenvalue weighted by atomic mass is 32.1. The van der Waals surface area contributed by atoms with E-state index in [0.717, 1.165) is 18.5 Å². The van der Waals surface area contributed by atoms with Crippen LogP contribution in [0.4, 0.5) is 0 Å². The van der Waals surface area contributed by atoms with Gasteiger partial charge in [-0.1, -0.05) is 0 Å². The summed E-state index contributed by atoms with van der Waals surface area (Å²) in [6.07, 6.45) is 3.55. The Bertz CT molecular complexity index is 462. The maximum absolute atomic E-state index is 11.2. The van der Waals surface area contributed by atoms with Crippen molar-refractivity contribution >= 4 is 17.3 Å². The van der Waals surface area contributed by atoms with Gasteiger partial charge in [-0.15, -0.1) is 11.3 Å². The largest absolute Gasteiger partial charge is 0.465 e. The number of rotatable bonds is 4. The summed E-state index contributed by atoms with van der Waals surface area (Å²) in [6.45, 7) is 0. The molecule has 2 aromatic rings. The van der Waals surface area contributed by atoms with Gasteiger partial charge in [0.15, 0.2) is 0 Å². The van der Waals surface area contributed by atoms with Gasteiger partial charge in [0, 0.05) is 16.8 Å². The van der Waals surface area contributed by atoms with Gasteiger partial charge >= 0.3 is 5.97 Å². The van der Waals surface area contributed by atoms with Crippen LogP contribution < -0.4 is 0 Å². The number of ether oxygens (including phenoxy) is 1. The zero-order valence-electron chi connectivity index (χ0n) is 8.90. The van der Waals surface area contributed by atoms with Gasteiger partial charge in [0.2, 0.25) is 0 Å². The maximum atomic E-state index is 11.2. The number of carbonyl (C=O) groups is 1. The van der Waals surface area contributed by atoms with Crippen LogP contribution in [0.25, 0.3) is 0 Å². The van der Waals surface area contributed by atoms with Crippen molar-refractivity contribution in [2.24, 2.45) is 0 Å². The molecule has 2 heterocycles. The number of hydrogen-bond acceptors (Lipinski definition) is 4. The van der Waals surface area contributed by atoms with Crippen molar-refractivity contribution in [1.29, 1.82) is 0 Å². The minimum absolute atomic E-state index is 0.266. The molecule has 0 fully saturated rings. The van der Waals surface area contributed by atoms with Crippen molar-refractivity contribution in [3.05, 3.63) is 39.8 Å². The molecule has 0 aromatic carbocycles. The molecular weight excluding hydrogens is 224 g/mol. The van der Waals surface area contributed by atoms with Crippen LogP contribution in [0.2, 0.25) is 0 Å². The van der Waals surface area contributed by atoms with Crippen molar-refractivity contribution in [2.75, 3.05) is 7.11 Å². The number of methoxy groups -OCH3 is 1. The third-order valence-corrected chi connectivity index (χ3v) is 3.37. The fourth-order valence-corrected chi connectivity index (χ4v) is 2.33. The summed E-state index contributed by atoms with van der Waals surface area (Å²) in [5.41, 5.74) is 1.10. The molecule has 0 amide bonds. The van der Waals surface area contributed by atoms with Crippen molar-refractivity contribution in [1.82, 2.24) is 10.2 Å². The zero-order chi connectivity index (χ0) is 11.4. The topological polar surface area (TPSA) is 55.0 Å². The van der Waals surface area contributed by atoms with Crippen LogP contribution in [-0.4, -0.2) is 23.3 Å². The number of thiophene rings is 1. The molecule has 5 heteroatoms. The number of hydrogen-bond donors (Lipinski definition) is 1. The second-order valence-electron chi connectivity index (χ2n) is 3.34. The highest BCUT2D eigenvalue weighted by Gasteiger charge is 2.08. The highest BCUT2D eigenvalue weighted by Crippen LogP contribution is 2.18. The van der Waals surface area contributed by atoms with Gasteiger partial charge in [0.05, 0.1) is 7.11 Å². The summed E-state index contributed by atoms with van der Waals surface area (Å²) in [5, 5.41) is 6.80. The molecule has 0 spiro atoms. The van der Waals surface area contributed by atoms with Crippen molar-refractivity contribution in [3.8, 4) is 0 Å². The van der Waals surface area contributed by atoms with Crippen LogP contribution in [0.1, 0.15) is 20.2 Å². The van der Waals surface area contributed by atoms with Crippen molar-refractivity contribution in [3.63, 3.8) is 0 Å². The molecule has 16 heavy (non-hydrogen) atoms. The van der Waals surface area contributed by atoms with E-state index in [1.54, 1.807) is 12.3 Å². The number of nitrogens with one attached hydrogen (secondary N) is 1. The molecule has 84 valence electrons. The molecule has 2 aromatic heterocycles. The summed E-state index contributed by atoms with van der Waals surface area (Å²) in [4.78, 5) is 13.1. The third-order valence-electron chi connectivity index (χ3n) is 2.25. The molecule has 0 radical (unpaired) electrons. The quantitative estimate of drug-likeness (QED) is 0.826. The molecule has 0 aliphatic carbocycles. The number of aromatic nitrogens is 2. The molecule has 0 saturated heterocycles. The van der Waals surface area contributed by atoms with Crippen LogP contribution in [-0.2, 0) is 17.6 Å². The van der Waals surface area contributed by atoms with E-state index >= 15 is 0 Å². The fourth-order valence-electron chi connectivity index (χ4n) is 1.40. The van der Waals surface area contributed by atoms with E-state index in [-0.39, 0.29) is 5.97 Å². The minimum atomic E-state index is -0.266. The van der Waals surface area contributed by atoms with Gasteiger partial charge in [-0.3, -0.25) is 5.10 Å². The average molecular weight is 236 g/mol. The maximum Gasteiger partial charge on any atom is 0.348 e. The Morgan fingerprint density at radius 3 is 3.00 bits per heavy atom. The normalized spacial score (nSPS) is 10.3. The van der Waals surface area contributed by atoms with Gasteiger partial charge in [0.25, 0.3) is 0 Å². The van der Waals surface area contributed by atoms with Crippen molar-refractivity contribution in [2.45, 2.75) is 12.8 Å². The Morgan fingerprint density at radius 1 is 1.44 bits per heavy atom. The minimum Gasteiger partial charge on any atom is -0.465 e. The Morgan fingerprint density at radius 2 is 2.31 bits per heavy atom. The van der Waals surface area contributed by atoms with Gasteiger partial charge in [-0.25, -0.2) is 4.79 Å². The number of carbonyl (C=O) groups excluding carboxylic acids is 1. The van der Waals surface area contributed by atoms with Gasteiger partial charge in [0.1, 0.15) is 4.88 Å². The summed E-state index contributed by atoms with van der Waals surface area (Å²) in [7, 11) is 1.40. The first kappa shape index (κ1) is 10.9.